The molecule has 0 aliphatic heterocycles. The van der Waals surface area contributed by atoms with Crippen LogP contribution in [0.3, 0.4) is 0 Å². The van der Waals surface area contributed by atoms with Gasteiger partial charge in [-0.1, -0.05) is 24.3 Å². The molecule has 0 aromatic heterocycles. The molecule has 1 amide bonds. The summed E-state index contributed by atoms with van der Waals surface area (Å²) in [6, 6.07) is 15.8. The van der Waals surface area contributed by atoms with Crippen molar-refractivity contribution in [2.24, 2.45) is 0 Å². The van der Waals surface area contributed by atoms with Crippen LogP contribution in [-0.2, 0) is 14.3 Å². The molecule has 0 atom stereocenters. The average Bonchev–Trinajstić information content (AvgIpc) is 2.58. The van der Waals surface area contributed by atoms with Crippen LogP contribution in [0, 0.1) is 18.3 Å². The van der Waals surface area contributed by atoms with Crippen molar-refractivity contribution in [2.45, 2.75) is 6.92 Å². The molecule has 0 bridgehead atoms. The second kappa shape index (κ2) is 8.34. The van der Waals surface area contributed by atoms with E-state index in [1.807, 2.05) is 31.2 Å². The van der Waals surface area contributed by atoms with E-state index in [0.29, 0.717) is 17.0 Å². The van der Waals surface area contributed by atoms with Crippen LogP contribution in [0.1, 0.15) is 11.1 Å². The van der Waals surface area contributed by atoms with E-state index >= 15 is 0 Å². The van der Waals surface area contributed by atoms with Crippen LogP contribution in [0.15, 0.2) is 48.5 Å². The van der Waals surface area contributed by atoms with E-state index < -0.39 is 18.5 Å². The molecule has 0 unspecified atom stereocenters. The Morgan fingerprint density at radius 1 is 1.12 bits per heavy atom. The lowest BCUT2D eigenvalue weighted by Gasteiger charge is -2.09. The van der Waals surface area contributed by atoms with Gasteiger partial charge in [-0.2, -0.15) is 5.26 Å². The number of rotatable bonds is 6. The van der Waals surface area contributed by atoms with Gasteiger partial charge in [0.15, 0.2) is 13.2 Å². The van der Waals surface area contributed by atoms with Gasteiger partial charge in [-0.3, -0.25) is 4.79 Å². The van der Waals surface area contributed by atoms with E-state index in [-0.39, 0.29) is 6.61 Å². The summed E-state index contributed by atoms with van der Waals surface area (Å²) in [6.45, 7) is 1.12. The van der Waals surface area contributed by atoms with Gasteiger partial charge in [-0.25, -0.2) is 4.79 Å². The van der Waals surface area contributed by atoms with E-state index in [2.05, 4.69) is 5.32 Å². The molecule has 0 aliphatic carbocycles. The Balaban J connectivity index is 1.77. The van der Waals surface area contributed by atoms with Crippen molar-refractivity contribution in [2.75, 3.05) is 18.5 Å². The molecule has 0 heterocycles. The smallest absolute Gasteiger partial charge is 0.344 e. The first-order valence-corrected chi connectivity index (χ1v) is 7.22. The van der Waals surface area contributed by atoms with Gasteiger partial charge in [0.2, 0.25) is 0 Å². The number of hydrogen-bond donors (Lipinski definition) is 1. The maximum atomic E-state index is 11.7. The largest absolute Gasteiger partial charge is 0.481 e. The normalized spacial score (nSPS) is 9.67. The third kappa shape index (κ3) is 5.14. The molecule has 6 nitrogen and oxygen atoms in total. The Bertz CT molecular complexity index is 781. The Hall–Kier alpha value is -3.33. The lowest BCUT2D eigenvalue weighted by Crippen LogP contribution is -2.23. The number of aryl methyl sites for hydroxylation is 1. The molecule has 0 saturated carbocycles. The summed E-state index contributed by atoms with van der Waals surface area (Å²) in [4.78, 5) is 23.3. The van der Waals surface area contributed by atoms with Crippen molar-refractivity contribution in [1.82, 2.24) is 0 Å². The van der Waals surface area contributed by atoms with Gasteiger partial charge in [-0.15, -0.1) is 0 Å². The number of anilines is 1. The Morgan fingerprint density at radius 3 is 2.67 bits per heavy atom. The zero-order chi connectivity index (χ0) is 17.4. The highest BCUT2D eigenvalue weighted by Gasteiger charge is 2.10. The van der Waals surface area contributed by atoms with Gasteiger partial charge in [0.05, 0.1) is 5.56 Å². The zero-order valence-electron chi connectivity index (χ0n) is 13.1. The van der Waals surface area contributed by atoms with Crippen LogP contribution in [0.4, 0.5) is 5.69 Å². The number of carbonyl (C=O) groups excluding carboxylic acids is 2. The molecule has 122 valence electrons. The summed E-state index contributed by atoms with van der Waals surface area (Å²) < 4.78 is 10.1. The first-order chi connectivity index (χ1) is 11.6. The van der Waals surface area contributed by atoms with Crippen LogP contribution in [0.5, 0.6) is 5.75 Å². The number of amides is 1. The number of nitriles is 1. The third-order valence-electron chi connectivity index (χ3n) is 3.02. The highest BCUT2D eigenvalue weighted by atomic mass is 16.6. The SMILES string of the molecule is Cc1cccc(NC(=O)COC(=O)COc2ccccc2C#N)c1. The molecular weight excluding hydrogens is 308 g/mol. The summed E-state index contributed by atoms with van der Waals surface area (Å²) in [7, 11) is 0. The predicted octanol–water partition coefficient (Wildman–Crippen LogP) is 2.43. The number of nitrogens with zero attached hydrogens (tertiary/aromatic N) is 1. The summed E-state index contributed by atoms with van der Waals surface area (Å²) in [5.74, 6) is -0.838. The number of carbonyl (C=O) groups is 2. The number of ether oxygens (including phenoxy) is 2. The molecule has 0 spiro atoms. The standard InChI is InChI=1S/C18H16N2O4/c1-13-5-4-7-15(9-13)20-17(21)11-24-18(22)12-23-16-8-3-2-6-14(16)10-19/h2-9H,11-12H2,1H3,(H,20,21). The average molecular weight is 324 g/mol. The quantitative estimate of drug-likeness (QED) is 0.824. The second-order valence-corrected chi connectivity index (χ2v) is 4.97. The fraction of sp³-hybridized carbons (Fsp3) is 0.167. The van der Waals surface area contributed by atoms with Crippen LogP contribution in [0.25, 0.3) is 0 Å². The molecule has 2 aromatic carbocycles. The fourth-order valence-corrected chi connectivity index (χ4v) is 1.93. The lowest BCUT2D eigenvalue weighted by atomic mass is 10.2. The number of esters is 1. The highest BCUT2D eigenvalue weighted by molar-refractivity contribution is 5.92. The van der Waals surface area contributed by atoms with Crippen LogP contribution in [-0.4, -0.2) is 25.1 Å². The van der Waals surface area contributed by atoms with Gasteiger partial charge in [0, 0.05) is 5.69 Å². The van der Waals surface area contributed by atoms with Crippen molar-refractivity contribution < 1.29 is 19.1 Å². The van der Waals surface area contributed by atoms with Crippen LogP contribution < -0.4 is 10.1 Å². The molecule has 2 aromatic rings. The summed E-state index contributed by atoms with van der Waals surface area (Å²) in [5, 5.41) is 11.6. The maximum absolute atomic E-state index is 11.7. The Labute approximate surface area is 139 Å². The van der Waals surface area contributed by atoms with Gasteiger partial charge in [-0.05, 0) is 36.8 Å². The van der Waals surface area contributed by atoms with Crippen molar-refractivity contribution >= 4 is 17.6 Å². The van der Waals surface area contributed by atoms with Crippen molar-refractivity contribution in [1.29, 1.82) is 5.26 Å². The van der Waals surface area contributed by atoms with Crippen LogP contribution >= 0.6 is 0 Å². The fourth-order valence-electron chi connectivity index (χ4n) is 1.93. The number of para-hydroxylation sites is 1. The van der Waals surface area contributed by atoms with Crippen molar-refractivity contribution in [3.05, 3.63) is 59.7 Å². The topological polar surface area (TPSA) is 88.4 Å². The van der Waals surface area contributed by atoms with E-state index in [4.69, 9.17) is 14.7 Å². The van der Waals surface area contributed by atoms with Gasteiger partial charge >= 0.3 is 5.97 Å². The zero-order valence-corrected chi connectivity index (χ0v) is 13.1. The maximum Gasteiger partial charge on any atom is 0.344 e. The van der Waals surface area contributed by atoms with Gasteiger partial charge in [0.25, 0.3) is 5.91 Å². The molecule has 24 heavy (non-hydrogen) atoms. The van der Waals surface area contributed by atoms with E-state index in [1.165, 1.54) is 0 Å². The molecule has 1 N–H and O–H groups in total. The molecule has 6 heteroatoms. The second-order valence-electron chi connectivity index (χ2n) is 4.97. The van der Waals surface area contributed by atoms with Crippen molar-refractivity contribution in [3.63, 3.8) is 0 Å². The lowest BCUT2D eigenvalue weighted by molar-refractivity contribution is -0.149. The minimum absolute atomic E-state index is 0.293. The van der Waals surface area contributed by atoms with E-state index in [9.17, 15) is 9.59 Å². The summed E-state index contributed by atoms with van der Waals surface area (Å²) >= 11 is 0. The molecule has 0 saturated heterocycles. The minimum Gasteiger partial charge on any atom is -0.481 e. The summed E-state index contributed by atoms with van der Waals surface area (Å²) in [5.41, 5.74) is 1.96. The Morgan fingerprint density at radius 2 is 1.92 bits per heavy atom. The van der Waals surface area contributed by atoms with Gasteiger partial charge < -0.3 is 14.8 Å². The number of nitrogens with one attached hydrogen (secondary N) is 1. The molecule has 0 fully saturated rings. The molecular formula is C18H16N2O4. The summed E-state index contributed by atoms with van der Waals surface area (Å²) in [6.07, 6.45) is 0. The monoisotopic (exact) mass is 324 g/mol. The van der Waals surface area contributed by atoms with Crippen LogP contribution in [0.2, 0.25) is 0 Å². The number of hydrogen-bond acceptors (Lipinski definition) is 5. The molecule has 0 radical (unpaired) electrons. The van der Waals surface area contributed by atoms with Crippen molar-refractivity contribution in [3.8, 4) is 11.8 Å². The van der Waals surface area contributed by atoms with E-state index in [0.717, 1.165) is 5.56 Å². The highest BCUT2D eigenvalue weighted by Crippen LogP contribution is 2.16. The first kappa shape index (κ1) is 17.0. The Kier molecular flexibility index (Phi) is 5.92. The molecule has 0 aliphatic rings. The minimum atomic E-state index is -0.692. The number of benzene rings is 2. The predicted molar refractivity (Wildman–Crippen MR) is 87.4 cm³/mol. The molecule has 2 rings (SSSR count). The van der Waals surface area contributed by atoms with Gasteiger partial charge in [0.1, 0.15) is 11.8 Å². The first-order valence-electron chi connectivity index (χ1n) is 7.22. The van der Waals surface area contributed by atoms with E-state index in [1.54, 1.807) is 30.3 Å². The third-order valence-corrected chi connectivity index (χ3v) is 3.02.